The Kier molecular flexibility index (Phi) is 4.31. The summed E-state index contributed by atoms with van der Waals surface area (Å²) in [6.45, 7) is 0. The van der Waals surface area contributed by atoms with Crippen LogP contribution in [0.4, 0.5) is 32.0 Å². The molecule has 0 fully saturated rings. The average molecular weight is 337 g/mol. The minimum atomic E-state index is -4.84. The Balaban J connectivity index is 2.19. The first-order valence-corrected chi connectivity index (χ1v) is 6.05. The van der Waals surface area contributed by atoms with E-state index >= 15 is 0 Å². The van der Waals surface area contributed by atoms with Gasteiger partial charge in [-0.15, -0.1) is 13.2 Å². The van der Waals surface area contributed by atoms with Gasteiger partial charge in [-0.05, 0) is 42.5 Å². The molecule has 9 heteroatoms. The molecule has 0 aromatic heterocycles. The summed E-state index contributed by atoms with van der Waals surface area (Å²) in [5.74, 6) is -0.739. The van der Waals surface area contributed by atoms with Crippen molar-refractivity contribution in [3.05, 3.63) is 48.0 Å². The maximum Gasteiger partial charge on any atom is 0.573 e. The Bertz CT molecular complexity index is 679. The number of halogens is 6. The molecule has 0 heterocycles. The first-order valence-electron chi connectivity index (χ1n) is 6.05. The van der Waals surface area contributed by atoms with E-state index in [-0.39, 0.29) is 17.2 Å². The molecule has 23 heavy (non-hydrogen) atoms. The molecule has 2 aromatic rings. The summed E-state index contributed by atoms with van der Waals surface area (Å²) in [6, 6.07) is 6.68. The molecule has 0 bridgehead atoms. The van der Waals surface area contributed by atoms with E-state index in [0.29, 0.717) is 6.07 Å². The molecule has 0 unspecified atom stereocenters. The molecule has 0 spiro atoms. The molecule has 0 saturated heterocycles. The molecule has 124 valence electrons. The number of anilines is 1. The highest BCUT2D eigenvalue weighted by atomic mass is 19.4. The number of rotatable bonds is 3. The molecule has 3 nitrogen and oxygen atoms in total. The number of ether oxygens (including phenoxy) is 2. The largest absolute Gasteiger partial charge is 0.573 e. The number of nitrogen functional groups attached to an aromatic ring is 1. The topological polar surface area (TPSA) is 44.5 Å². The van der Waals surface area contributed by atoms with Gasteiger partial charge in [-0.25, -0.2) is 0 Å². The summed E-state index contributed by atoms with van der Waals surface area (Å²) in [5, 5.41) is 0. The van der Waals surface area contributed by atoms with Crippen LogP contribution < -0.4 is 15.2 Å². The zero-order chi connectivity index (χ0) is 17.3. The molecule has 2 N–H and O–H groups in total. The van der Waals surface area contributed by atoms with Crippen molar-refractivity contribution in [2.45, 2.75) is 12.5 Å². The summed E-state index contributed by atoms with van der Waals surface area (Å²) in [5.41, 5.74) is 4.52. The van der Waals surface area contributed by atoms with Crippen LogP contribution >= 0.6 is 0 Å². The Hall–Kier alpha value is -2.58. The highest BCUT2D eigenvalue weighted by molar-refractivity contribution is 5.56. The Morgan fingerprint density at radius 2 is 1.35 bits per heavy atom. The van der Waals surface area contributed by atoms with Gasteiger partial charge in [0.05, 0.1) is 11.3 Å². The van der Waals surface area contributed by atoms with Crippen LogP contribution in [0.25, 0.3) is 0 Å². The third kappa shape index (κ3) is 4.70. The van der Waals surface area contributed by atoms with Crippen molar-refractivity contribution in [3.8, 4) is 17.2 Å². The van der Waals surface area contributed by atoms with Crippen LogP contribution in [0, 0.1) is 0 Å². The highest BCUT2D eigenvalue weighted by Crippen LogP contribution is 2.36. The predicted molar refractivity (Wildman–Crippen MR) is 69.1 cm³/mol. The second-order valence-corrected chi connectivity index (χ2v) is 4.37. The maximum absolute atomic E-state index is 12.6. The van der Waals surface area contributed by atoms with Crippen molar-refractivity contribution in [1.29, 1.82) is 0 Å². The normalized spacial score (nSPS) is 12.1. The molecule has 0 amide bonds. The van der Waals surface area contributed by atoms with Gasteiger partial charge in [0.15, 0.2) is 5.75 Å². The minimum absolute atomic E-state index is 0.00514. The van der Waals surface area contributed by atoms with Gasteiger partial charge in [0.1, 0.15) is 11.5 Å². The first kappa shape index (κ1) is 16.8. The quantitative estimate of drug-likeness (QED) is 0.635. The second kappa shape index (κ2) is 5.90. The molecular formula is C14H9F6NO2. The number of hydrogen-bond donors (Lipinski definition) is 1. The smallest absolute Gasteiger partial charge is 0.455 e. The summed E-state index contributed by atoms with van der Waals surface area (Å²) in [4.78, 5) is 0. The van der Waals surface area contributed by atoms with Gasteiger partial charge < -0.3 is 15.2 Å². The summed E-state index contributed by atoms with van der Waals surface area (Å²) in [6.07, 6.45) is -9.41. The third-order valence-corrected chi connectivity index (χ3v) is 2.63. The van der Waals surface area contributed by atoms with Crippen LogP contribution in [0.15, 0.2) is 42.5 Å². The van der Waals surface area contributed by atoms with E-state index in [9.17, 15) is 26.3 Å². The highest BCUT2D eigenvalue weighted by Gasteiger charge is 2.32. The van der Waals surface area contributed by atoms with E-state index in [1.54, 1.807) is 0 Å². The van der Waals surface area contributed by atoms with Gasteiger partial charge in [0.2, 0.25) is 0 Å². The van der Waals surface area contributed by atoms with E-state index in [1.807, 2.05) is 0 Å². The molecule has 0 radical (unpaired) electrons. The third-order valence-electron chi connectivity index (χ3n) is 2.63. The Labute approximate surface area is 126 Å². The fraction of sp³-hybridized carbons (Fsp3) is 0.143. The summed E-state index contributed by atoms with van der Waals surface area (Å²) < 4.78 is 82.8. The molecule has 2 aromatic carbocycles. The van der Waals surface area contributed by atoms with Crippen molar-refractivity contribution in [2.24, 2.45) is 0 Å². The number of nitrogens with two attached hydrogens (primary N) is 1. The maximum atomic E-state index is 12.6. The van der Waals surface area contributed by atoms with E-state index < -0.39 is 23.9 Å². The van der Waals surface area contributed by atoms with Crippen LogP contribution in [-0.4, -0.2) is 6.36 Å². The van der Waals surface area contributed by atoms with Crippen LogP contribution in [0.2, 0.25) is 0 Å². The molecule has 0 saturated carbocycles. The number of hydrogen-bond acceptors (Lipinski definition) is 3. The van der Waals surface area contributed by atoms with Crippen LogP contribution in [0.3, 0.4) is 0 Å². The van der Waals surface area contributed by atoms with Gasteiger partial charge in [-0.2, -0.15) is 13.2 Å². The molecule has 0 aliphatic rings. The predicted octanol–water partition coefficient (Wildman–Crippen LogP) is 4.98. The van der Waals surface area contributed by atoms with Crippen molar-refractivity contribution in [3.63, 3.8) is 0 Å². The van der Waals surface area contributed by atoms with E-state index in [1.165, 1.54) is 0 Å². The number of alkyl halides is 6. The Morgan fingerprint density at radius 3 is 1.87 bits per heavy atom. The van der Waals surface area contributed by atoms with Crippen molar-refractivity contribution in [1.82, 2.24) is 0 Å². The lowest BCUT2D eigenvalue weighted by Gasteiger charge is -2.13. The second-order valence-electron chi connectivity index (χ2n) is 4.37. The lowest BCUT2D eigenvalue weighted by molar-refractivity contribution is -0.274. The molecule has 0 aliphatic carbocycles. The molecule has 0 aliphatic heterocycles. The van der Waals surface area contributed by atoms with E-state index in [2.05, 4.69) is 4.74 Å². The summed E-state index contributed by atoms with van der Waals surface area (Å²) >= 11 is 0. The van der Waals surface area contributed by atoms with Gasteiger partial charge in [-0.1, -0.05) is 0 Å². The van der Waals surface area contributed by atoms with Crippen LogP contribution in [0.5, 0.6) is 17.2 Å². The van der Waals surface area contributed by atoms with Crippen LogP contribution in [-0.2, 0) is 6.18 Å². The SMILES string of the molecule is Nc1ccc(C(F)(F)F)cc1Oc1ccc(OC(F)(F)F)cc1. The van der Waals surface area contributed by atoms with Crippen molar-refractivity contribution in [2.75, 3.05) is 5.73 Å². The van der Waals surface area contributed by atoms with E-state index in [4.69, 9.17) is 10.5 Å². The fourth-order valence-corrected chi connectivity index (χ4v) is 1.64. The standard InChI is InChI=1S/C14H9F6NO2/c15-13(16,17)8-1-6-11(21)12(7-8)22-9-2-4-10(5-3-9)23-14(18,19)20/h1-7H,21H2. The van der Waals surface area contributed by atoms with Crippen molar-refractivity contribution >= 4 is 5.69 Å². The molecular weight excluding hydrogens is 328 g/mol. The summed E-state index contributed by atoms with van der Waals surface area (Å²) in [7, 11) is 0. The zero-order valence-electron chi connectivity index (χ0n) is 11.2. The molecule has 0 atom stereocenters. The van der Waals surface area contributed by atoms with Crippen LogP contribution in [0.1, 0.15) is 5.56 Å². The lowest BCUT2D eigenvalue weighted by Crippen LogP contribution is -2.16. The minimum Gasteiger partial charge on any atom is -0.455 e. The van der Waals surface area contributed by atoms with Gasteiger partial charge in [0.25, 0.3) is 0 Å². The van der Waals surface area contributed by atoms with Gasteiger partial charge in [0, 0.05) is 0 Å². The first-order chi connectivity index (χ1) is 10.5. The average Bonchev–Trinajstić information content (AvgIpc) is 2.40. The number of benzene rings is 2. The lowest BCUT2D eigenvalue weighted by atomic mass is 10.2. The van der Waals surface area contributed by atoms with Crippen molar-refractivity contribution < 1.29 is 35.8 Å². The van der Waals surface area contributed by atoms with Gasteiger partial charge in [-0.3, -0.25) is 0 Å². The zero-order valence-corrected chi connectivity index (χ0v) is 11.2. The molecule has 2 rings (SSSR count). The fourth-order valence-electron chi connectivity index (χ4n) is 1.64. The van der Waals surface area contributed by atoms with E-state index in [0.717, 1.165) is 36.4 Å². The Morgan fingerprint density at radius 1 is 0.783 bits per heavy atom. The van der Waals surface area contributed by atoms with Gasteiger partial charge >= 0.3 is 12.5 Å². The monoisotopic (exact) mass is 337 g/mol.